The second-order valence-corrected chi connectivity index (χ2v) is 7.30. The maximum Gasteiger partial charge on any atom is 0.434 e. The lowest BCUT2D eigenvalue weighted by Gasteiger charge is -2.11. The molecule has 0 radical (unpaired) electrons. The number of hydrogen-bond donors (Lipinski definition) is 3. The summed E-state index contributed by atoms with van der Waals surface area (Å²) in [7, 11) is 1.66. The average Bonchev–Trinajstić information content (AvgIpc) is 3.28. The SMILES string of the molecule is CN=C(NCCc1nc(C(F)(F)F)cs1)NCCc1c[nH]c2c(C)cccc12.I. The fourth-order valence-electron chi connectivity index (χ4n) is 2.95. The first-order chi connectivity index (χ1) is 13.4. The lowest BCUT2D eigenvalue weighted by Crippen LogP contribution is -2.39. The van der Waals surface area contributed by atoms with Gasteiger partial charge in [-0.2, -0.15) is 13.2 Å². The number of nitrogens with zero attached hydrogens (tertiary/aromatic N) is 2. The summed E-state index contributed by atoms with van der Waals surface area (Å²) in [5.41, 5.74) is 2.76. The van der Waals surface area contributed by atoms with Crippen molar-refractivity contribution in [2.75, 3.05) is 20.1 Å². The molecule has 3 N–H and O–H groups in total. The van der Waals surface area contributed by atoms with Gasteiger partial charge in [0, 0.05) is 49.0 Å². The number of aromatic amines is 1. The molecule has 10 heteroatoms. The number of thiazole rings is 1. The van der Waals surface area contributed by atoms with Crippen LogP contribution in [0, 0.1) is 6.92 Å². The highest BCUT2D eigenvalue weighted by molar-refractivity contribution is 14.0. The number of para-hydroxylation sites is 1. The summed E-state index contributed by atoms with van der Waals surface area (Å²) in [5.74, 6) is 0.614. The molecule has 2 aromatic heterocycles. The maximum atomic E-state index is 12.6. The van der Waals surface area contributed by atoms with Crippen LogP contribution in [0.15, 0.2) is 34.8 Å². The largest absolute Gasteiger partial charge is 0.434 e. The summed E-state index contributed by atoms with van der Waals surface area (Å²) < 4.78 is 37.7. The highest BCUT2D eigenvalue weighted by atomic mass is 127. The quantitative estimate of drug-likeness (QED) is 0.246. The Bertz CT molecular complexity index is 964. The van der Waals surface area contributed by atoms with Gasteiger partial charge in [-0.3, -0.25) is 4.99 Å². The van der Waals surface area contributed by atoms with Crippen LogP contribution in [-0.2, 0) is 19.0 Å². The van der Waals surface area contributed by atoms with Crippen molar-refractivity contribution in [2.24, 2.45) is 4.99 Å². The highest BCUT2D eigenvalue weighted by Crippen LogP contribution is 2.30. The number of nitrogens with one attached hydrogen (secondary N) is 3. The first-order valence-corrected chi connectivity index (χ1v) is 9.78. The number of aromatic nitrogens is 2. The molecule has 0 aliphatic heterocycles. The van der Waals surface area contributed by atoms with Crippen molar-refractivity contribution in [3.05, 3.63) is 51.6 Å². The molecular formula is C19H23F3IN5S. The van der Waals surface area contributed by atoms with E-state index in [0.717, 1.165) is 28.7 Å². The minimum Gasteiger partial charge on any atom is -0.361 e. The van der Waals surface area contributed by atoms with Crippen molar-refractivity contribution >= 4 is 52.2 Å². The smallest absolute Gasteiger partial charge is 0.361 e. The summed E-state index contributed by atoms with van der Waals surface area (Å²) >= 11 is 1.02. The zero-order valence-electron chi connectivity index (χ0n) is 16.1. The Balaban J connectivity index is 0.00000300. The fourth-order valence-corrected chi connectivity index (χ4v) is 3.76. The average molecular weight is 537 g/mol. The number of fused-ring (bicyclic) bond motifs is 1. The van der Waals surface area contributed by atoms with Crippen molar-refractivity contribution in [1.82, 2.24) is 20.6 Å². The summed E-state index contributed by atoms with van der Waals surface area (Å²) in [6.45, 7) is 3.22. The molecule has 0 fully saturated rings. The molecular weight excluding hydrogens is 514 g/mol. The van der Waals surface area contributed by atoms with Gasteiger partial charge in [0.1, 0.15) is 0 Å². The second kappa shape index (κ2) is 10.3. The molecule has 158 valence electrons. The van der Waals surface area contributed by atoms with E-state index >= 15 is 0 Å². The number of rotatable bonds is 6. The van der Waals surface area contributed by atoms with Gasteiger partial charge in [-0.1, -0.05) is 18.2 Å². The Morgan fingerprint density at radius 3 is 2.59 bits per heavy atom. The number of alkyl halides is 3. The van der Waals surface area contributed by atoms with Gasteiger partial charge >= 0.3 is 6.18 Å². The molecule has 0 saturated carbocycles. The maximum absolute atomic E-state index is 12.6. The molecule has 0 bridgehead atoms. The van der Waals surface area contributed by atoms with E-state index in [2.05, 4.69) is 44.7 Å². The van der Waals surface area contributed by atoms with Gasteiger partial charge in [-0.25, -0.2) is 4.98 Å². The lowest BCUT2D eigenvalue weighted by molar-refractivity contribution is -0.140. The van der Waals surface area contributed by atoms with E-state index in [9.17, 15) is 13.2 Å². The Morgan fingerprint density at radius 1 is 1.21 bits per heavy atom. The minimum atomic E-state index is -4.39. The molecule has 0 unspecified atom stereocenters. The van der Waals surface area contributed by atoms with Crippen LogP contribution in [0.2, 0.25) is 0 Å². The van der Waals surface area contributed by atoms with Gasteiger partial charge in [-0.15, -0.1) is 35.3 Å². The monoisotopic (exact) mass is 537 g/mol. The van der Waals surface area contributed by atoms with Gasteiger partial charge in [0.15, 0.2) is 11.7 Å². The van der Waals surface area contributed by atoms with Crippen molar-refractivity contribution in [1.29, 1.82) is 0 Å². The van der Waals surface area contributed by atoms with E-state index < -0.39 is 11.9 Å². The summed E-state index contributed by atoms with van der Waals surface area (Å²) in [6, 6.07) is 6.23. The predicted octanol–water partition coefficient (Wildman–Crippen LogP) is 4.52. The van der Waals surface area contributed by atoms with Crippen LogP contribution in [0.25, 0.3) is 10.9 Å². The third-order valence-corrected chi connectivity index (χ3v) is 5.30. The van der Waals surface area contributed by atoms with Gasteiger partial charge in [0.05, 0.1) is 5.01 Å². The Kier molecular flexibility index (Phi) is 8.32. The third kappa shape index (κ3) is 6.08. The van der Waals surface area contributed by atoms with Gasteiger partial charge in [0.25, 0.3) is 0 Å². The Hall–Kier alpha value is -1.82. The number of halogens is 4. The number of H-pyrrole nitrogens is 1. The van der Waals surface area contributed by atoms with Crippen LogP contribution < -0.4 is 10.6 Å². The fraction of sp³-hybridized carbons (Fsp3) is 0.368. The van der Waals surface area contributed by atoms with Crippen LogP contribution in [0.4, 0.5) is 13.2 Å². The summed E-state index contributed by atoms with van der Waals surface area (Å²) in [6.07, 6.45) is -1.13. The van der Waals surface area contributed by atoms with Crippen molar-refractivity contribution < 1.29 is 13.2 Å². The van der Waals surface area contributed by atoms with Crippen LogP contribution in [0.5, 0.6) is 0 Å². The molecule has 5 nitrogen and oxygen atoms in total. The number of aryl methyl sites for hydroxylation is 1. The van der Waals surface area contributed by atoms with Crippen molar-refractivity contribution in [2.45, 2.75) is 25.9 Å². The predicted molar refractivity (Wildman–Crippen MR) is 122 cm³/mol. The number of hydrogen-bond acceptors (Lipinski definition) is 3. The van der Waals surface area contributed by atoms with E-state index in [1.54, 1.807) is 7.05 Å². The molecule has 0 spiro atoms. The van der Waals surface area contributed by atoms with Crippen LogP contribution in [0.3, 0.4) is 0 Å². The number of benzene rings is 1. The Labute approximate surface area is 188 Å². The zero-order chi connectivity index (χ0) is 20.1. The highest BCUT2D eigenvalue weighted by Gasteiger charge is 2.33. The normalized spacial score (nSPS) is 12.1. The Morgan fingerprint density at radius 2 is 1.93 bits per heavy atom. The van der Waals surface area contributed by atoms with Crippen LogP contribution in [-0.4, -0.2) is 36.1 Å². The molecule has 3 aromatic rings. The van der Waals surface area contributed by atoms with Crippen molar-refractivity contribution in [3.8, 4) is 0 Å². The van der Waals surface area contributed by atoms with E-state index in [0.29, 0.717) is 30.5 Å². The molecule has 0 aliphatic rings. The van der Waals surface area contributed by atoms with E-state index in [1.165, 1.54) is 16.5 Å². The first kappa shape index (κ1) is 23.5. The molecule has 0 atom stereocenters. The minimum absolute atomic E-state index is 0. The standard InChI is InChI=1S/C19H22F3N5S.HI/c1-12-4-3-5-14-13(10-26-17(12)14)6-8-24-18(23-2)25-9-7-16-27-15(11-28-16)19(20,21)22;/h3-5,10-11,26H,6-9H2,1-2H3,(H2,23,24,25);1H. The van der Waals surface area contributed by atoms with Gasteiger partial charge in [-0.05, 0) is 24.5 Å². The first-order valence-electron chi connectivity index (χ1n) is 8.90. The molecule has 0 aliphatic carbocycles. The topological polar surface area (TPSA) is 65.1 Å². The molecule has 0 amide bonds. The van der Waals surface area contributed by atoms with Gasteiger partial charge < -0.3 is 15.6 Å². The third-order valence-electron chi connectivity index (χ3n) is 4.39. The molecule has 2 heterocycles. The van der Waals surface area contributed by atoms with Crippen LogP contribution >= 0.6 is 35.3 Å². The van der Waals surface area contributed by atoms with Crippen molar-refractivity contribution in [3.63, 3.8) is 0 Å². The summed E-state index contributed by atoms with van der Waals surface area (Å²) in [5, 5.41) is 9.05. The summed E-state index contributed by atoms with van der Waals surface area (Å²) in [4.78, 5) is 11.1. The molecule has 29 heavy (non-hydrogen) atoms. The molecule has 3 rings (SSSR count). The van der Waals surface area contributed by atoms with E-state index in [-0.39, 0.29) is 24.0 Å². The zero-order valence-corrected chi connectivity index (χ0v) is 19.2. The molecule has 0 saturated heterocycles. The second-order valence-electron chi connectivity index (χ2n) is 6.36. The lowest BCUT2D eigenvalue weighted by atomic mass is 10.1. The number of aliphatic imine (C=N–C) groups is 1. The van der Waals surface area contributed by atoms with Crippen LogP contribution in [0.1, 0.15) is 21.8 Å². The van der Waals surface area contributed by atoms with E-state index in [1.807, 2.05) is 12.3 Å². The number of guanidine groups is 1. The molecule has 1 aromatic carbocycles. The van der Waals surface area contributed by atoms with E-state index in [4.69, 9.17) is 0 Å². The van der Waals surface area contributed by atoms with Gasteiger partial charge in [0.2, 0.25) is 0 Å².